The predicted octanol–water partition coefficient (Wildman–Crippen LogP) is 6.32. The molecule has 0 aliphatic carbocycles. The molecule has 0 saturated carbocycles. The average molecular weight is 578 g/mol. The van der Waals surface area contributed by atoms with E-state index in [-0.39, 0.29) is 16.3 Å². The second kappa shape index (κ2) is 11.1. The van der Waals surface area contributed by atoms with Gasteiger partial charge in [-0.15, -0.1) is 0 Å². The van der Waals surface area contributed by atoms with Gasteiger partial charge in [-0.25, -0.2) is 8.42 Å². The SMILES string of the molecule is CCn1c2ccccc2c2cc(NC(=O)CN(c3ccc(Cl)cc3)S(=O)(=O)c3ccc(OC)c(OC)c3)ccc21. The number of ether oxygens (including phenoxy) is 2. The molecule has 4 aromatic carbocycles. The second-order valence-corrected chi connectivity index (χ2v) is 11.3. The first-order valence-electron chi connectivity index (χ1n) is 12.6. The molecular formula is C30H28ClN3O5S. The molecule has 0 spiro atoms. The number of hydrogen-bond donors (Lipinski definition) is 1. The van der Waals surface area contributed by atoms with Crippen molar-refractivity contribution in [2.75, 3.05) is 30.4 Å². The van der Waals surface area contributed by atoms with Crippen LogP contribution in [0.1, 0.15) is 6.92 Å². The first-order chi connectivity index (χ1) is 19.3. The van der Waals surface area contributed by atoms with Gasteiger partial charge in [-0.3, -0.25) is 9.10 Å². The van der Waals surface area contributed by atoms with Crippen molar-refractivity contribution in [2.24, 2.45) is 0 Å². The highest BCUT2D eigenvalue weighted by molar-refractivity contribution is 7.92. The molecule has 0 fully saturated rings. The van der Waals surface area contributed by atoms with Gasteiger partial charge in [-0.2, -0.15) is 0 Å². The molecule has 0 saturated heterocycles. The number of para-hydroxylation sites is 1. The molecule has 1 heterocycles. The van der Waals surface area contributed by atoms with Gasteiger partial charge >= 0.3 is 0 Å². The van der Waals surface area contributed by atoms with E-state index in [0.717, 1.165) is 32.7 Å². The second-order valence-electron chi connectivity index (χ2n) is 9.05. The minimum Gasteiger partial charge on any atom is -0.493 e. The molecule has 206 valence electrons. The number of rotatable bonds is 9. The zero-order valence-electron chi connectivity index (χ0n) is 22.2. The Morgan fingerprint density at radius 2 is 1.57 bits per heavy atom. The Morgan fingerprint density at radius 1 is 0.875 bits per heavy atom. The maximum Gasteiger partial charge on any atom is 0.264 e. The minimum absolute atomic E-state index is 0.0540. The monoisotopic (exact) mass is 577 g/mol. The van der Waals surface area contributed by atoms with Crippen molar-refractivity contribution in [3.63, 3.8) is 0 Å². The normalized spacial score (nSPS) is 11.5. The number of anilines is 2. The first-order valence-corrected chi connectivity index (χ1v) is 14.4. The van der Waals surface area contributed by atoms with E-state index in [1.54, 1.807) is 24.3 Å². The third kappa shape index (κ3) is 5.05. The summed E-state index contributed by atoms with van der Waals surface area (Å²) in [4.78, 5) is 13.3. The highest BCUT2D eigenvalue weighted by atomic mass is 35.5. The van der Waals surface area contributed by atoms with Crippen LogP contribution in [0.15, 0.2) is 89.8 Å². The Hall–Kier alpha value is -4.21. The van der Waals surface area contributed by atoms with Crippen LogP contribution in [0, 0.1) is 0 Å². The number of carbonyl (C=O) groups excluding carboxylic acids is 1. The van der Waals surface area contributed by atoms with Crippen LogP contribution in [0.5, 0.6) is 11.5 Å². The van der Waals surface area contributed by atoms with Crippen molar-refractivity contribution in [3.05, 3.63) is 90.0 Å². The predicted molar refractivity (Wildman–Crippen MR) is 159 cm³/mol. The number of benzene rings is 4. The van der Waals surface area contributed by atoms with E-state index in [1.807, 2.05) is 36.4 Å². The standard InChI is InChI=1S/C30H28ClN3O5S/c1-4-33-26-8-6-5-7-24(26)25-17-21(11-15-27(25)33)32-30(35)19-34(22-12-9-20(31)10-13-22)40(36,37)23-14-16-28(38-2)29(18-23)39-3/h5-18H,4,19H2,1-3H3,(H,32,35). The largest absolute Gasteiger partial charge is 0.493 e. The smallest absolute Gasteiger partial charge is 0.264 e. The fourth-order valence-corrected chi connectivity index (χ4v) is 6.39. The molecule has 0 aliphatic rings. The number of hydrogen-bond acceptors (Lipinski definition) is 5. The third-order valence-electron chi connectivity index (χ3n) is 6.72. The van der Waals surface area contributed by atoms with Gasteiger partial charge in [0.1, 0.15) is 6.54 Å². The lowest BCUT2D eigenvalue weighted by Crippen LogP contribution is -2.38. The van der Waals surface area contributed by atoms with E-state index >= 15 is 0 Å². The molecule has 0 radical (unpaired) electrons. The summed E-state index contributed by atoms with van der Waals surface area (Å²) in [5, 5.41) is 5.40. The van der Waals surface area contributed by atoms with Gasteiger partial charge in [0, 0.05) is 45.1 Å². The van der Waals surface area contributed by atoms with Gasteiger partial charge < -0.3 is 19.4 Å². The summed E-state index contributed by atoms with van der Waals surface area (Å²) in [5.74, 6) is 0.137. The molecule has 1 N–H and O–H groups in total. The number of aryl methyl sites for hydroxylation is 1. The number of nitrogens with one attached hydrogen (secondary N) is 1. The van der Waals surface area contributed by atoms with Crippen LogP contribution in [-0.4, -0.2) is 39.7 Å². The Morgan fingerprint density at radius 3 is 2.27 bits per heavy atom. The molecule has 0 atom stereocenters. The van der Waals surface area contributed by atoms with Gasteiger partial charge in [0.05, 0.1) is 24.8 Å². The molecular weight excluding hydrogens is 550 g/mol. The van der Waals surface area contributed by atoms with E-state index < -0.39 is 22.5 Å². The first kappa shape index (κ1) is 27.4. The van der Waals surface area contributed by atoms with Crippen LogP contribution in [0.3, 0.4) is 0 Å². The molecule has 0 bridgehead atoms. The summed E-state index contributed by atoms with van der Waals surface area (Å²) in [5.41, 5.74) is 3.02. The van der Waals surface area contributed by atoms with Crippen molar-refractivity contribution in [1.82, 2.24) is 4.57 Å². The van der Waals surface area contributed by atoms with E-state index in [9.17, 15) is 13.2 Å². The molecule has 10 heteroatoms. The lowest BCUT2D eigenvalue weighted by molar-refractivity contribution is -0.114. The van der Waals surface area contributed by atoms with Crippen LogP contribution in [0.4, 0.5) is 11.4 Å². The van der Waals surface area contributed by atoms with Crippen LogP contribution in [0.25, 0.3) is 21.8 Å². The minimum atomic E-state index is -4.18. The van der Waals surface area contributed by atoms with Crippen LogP contribution >= 0.6 is 11.6 Å². The topological polar surface area (TPSA) is 89.9 Å². The number of nitrogens with zero attached hydrogens (tertiary/aromatic N) is 2. The molecule has 0 aliphatic heterocycles. The summed E-state index contributed by atoms with van der Waals surface area (Å²) >= 11 is 6.06. The van der Waals surface area contributed by atoms with Crippen molar-refractivity contribution in [2.45, 2.75) is 18.4 Å². The average Bonchev–Trinajstić information content (AvgIpc) is 3.29. The summed E-state index contributed by atoms with van der Waals surface area (Å²) in [7, 11) is -1.29. The molecule has 5 rings (SSSR count). The van der Waals surface area contributed by atoms with Crippen LogP contribution < -0.4 is 19.1 Å². The number of halogens is 1. The molecule has 1 aromatic heterocycles. The van der Waals surface area contributed by atoms with Crippen molar-refractivity contribution < 1.29 is 22.7 Å². The van der Waals surface area contributed by atoms with Crippen LogP contribution in [-0.2, 0) is 21.4 Å². The third-order valence-corrected chi connectivity index (χ3v) is 8.74. The van der Waals surface area contributed by atoms with Crippen molar-refractivity contribution in [1.29, 1.82) is 0 Å². The van der Waals surface area contributed by atoms with E-state index in [2.05, 4.69) is 22.9 Å². The number of fused-ring (bicyclic) bond motifs is 3. The number of methoxy groups -OCH3 is 2. The van der Waals surface area contributed by atoms with E-state index in [0.29, 0.717) is 16.5 Å². The lowest BCUT2D eigenvalue weighted by atomic mass is 10.1. The molecule has 40 heavy (non-hydrogen) atoms. The highest BCUT2D eigenvalue weighted by Crippen LogP contribution is 2.33. The lowest BCUT2D eigenvalue weighted by Gasteiger charge is -2.24. The number of amides is 1. The molecule has 0 unspecified atom stereocenters. The highest BCUT2D eigenvalue weighted by Gasteiger charge is 2.28. The van der Waals surface area contributed by atoms with Gasteiger partial charge in [0.25, 0.3) is 10.0 Å². The molecule has 8 nitrogen and oxygen atoms in total. The van der Waals surface area contributed by atoms with Gasteiger partial charge in [0.15, 0.2) is 11.5 Å². The Labute approximate surface area is 237 Å². The van der Waals surface area contributed by atoms with Gasteiger partial charge in [-0.1, -0.05) is 29.8 Å². The van der Waals surface area contributed by atoms with E-state index in [1.165, 1.54) is 32.4 Å². The van der Waals surface area contributed by atoms with Crippen molar-refractivity contribution in [3.8, 4) is 11.5 Å². The van der Waals surface area contributed by atoms with Crippen molar-refractivity contribution >= 4 is 60.7 Å². The van der Waals surface area contributed by atoms with Gasteiger partial charge in [0.2, 0.25) is 5.91 Å². The summed E-state index contributed by atoms with van der Waals surface area (Å²) in [6.07, 6.45) is 0. The summed E-state index contributed by atoms with van der Waals surface area (Å²) in [6.45, 7) is 2.43. The number of sulfonamides is 1. The van der Waals surface area contributed by atoms with Crippen LogP contribution in [0.2, 0.25) is 5.02 Å². The summed E-state index contributed by atoms with van der Waals surface area (Å²) in [6, 6.07) is 24.3. The maximum absolute atomic E-state index is 13.8. The zero-order chi connectivity index (χ0) is 28.4. The Kier molecular flexibility index (Phi) is 7.60. The molecule has 1 amide bonds. The fraction of sp³-hybridized carbons (Fsp3) is 0.167. The quantitative estimate of drug-likeness (QED) is 0.221. The maximum atomic E-state index is 13.8. The zero-order valence-corrected chi connectivity index (χ0v) is 23.8. The fourth-order valence-electron chi connectivity index (χ4n) is 4.83. The Bertz CT molecular complexity index is 1820. The number of aromatic nitrogens is 1. The molecule has 5 aromatic rings. The number of carbonyl (C=O) groups is 1. The summed E-state index contributed by atoms with van der Waals surface area (Å²) < 4.78 is 41.5. The van der Waals surface area contributed by atoms with E-state index in [4.69, 9.17) is 21.1 Å². The van der Waals surface area contributed by atoms with Gasteiger partial charge in [-0.05, 0) is 67.6 Å². The Balaban J connectivity index is 1.49.